The van der Waals surface area contributed by atoms with E-state index in [9.17, 15) is 4.79 Å². The Labute approximate surface area is 128 Å². The number of rotatable bonds is 4. The molecular weight excluding hydrogens is 367 g/mol. The van der Waals surface area contributed by atoms with Crippen LogP contribution >= 0.6 is 0 Å². The first kappa shape index (κ1) is 13.4. The molecule has 0 amide bonds. The van der Waals surface area contributed by atoms with Gasteiger partial charge < -0.3 is 0 Å². The summed E-state index contributed by atoms with van der Waals surface area (Å²) in [6, 6.07) is 18.5. The molecule has 4 heteroatoms. The number of cyclic esters (lactones) is 1. The summed E-state index contributed by atoms with van der Waals surface area (Å²) >= 11 is -0.215. The van der Waals surface area contributed by atoms with Gasteiger partial charge in [0.05, 0.1) is 0 Å². The number of carbonyl (C=O) groups excluding carboxylic acids is 1. The van der Waals surface area contributed by atoms with Gasteiger partial charge in [0.15, 0.2) is 0 Å². The van der Waals surface area contributed by atoms with Crippen LogP contribution in [0.4, 0.5) is 0 Å². The van der Waals surface area contributed by atoms with Crippen LogP contribution in [0.25, 0.3) is 0 Å². The van der Waals surface area contributed by atoms with Crippen molar-refractivity contribution in [2.45, 2.75) is 12.5 Å². The minimum atomic E-state index is -0.444. The Morgan fingerprint density at radius 3 is 2.60 bits per heavy atom. The molecule has 20 heavy (non-hydrogen) atoms. The Hall–Kier alpha value is -1.56. The van der Waals surface area contributed by atoms with Gasteiger partial charge in [-0.1, -0.05) is 0 Å². The van der Waals surface area contributed by atoms with Crippen molar-refractivity contribution in [3.8, 4) is 5.75 Å². The number of esters is 1. The Balaban J connectivity index is 1.71. The SMILES string of the molecule is O=C1OCCC1Oc1cccc([I-]c2ccccc2)c1. The van der Waals surface area contributed by atoms with Crippen molar-refractivity contribution in [3.63, 3.8) is 0 Å². The first-order valence-electron chi connectivity index (χ1n) is 6.44. The molecule has 0 aromatic heterocycles. The molecule has 3 nitrogen and oxygen atoms in total. The molecule has 1 atom stereocenters. The second-order valence-corrected chi connectivity index (χ2v) is 7.44. The fourth-order valence-electron chi connectivity index (χ4n) is 1.95. The van der Waals surface area contributed by atoms with E-state index in [0.717, 1.165) is 5.75 Å². The third-order valence-corrected chi connectivity index (χ3v) is 5.55. The van der Waals surface area contributed by atoms with Crippen LogP contribution in [0.15, 0.2) is 54.6 Å². The molecule has 2 aromatic rings. The van der Waals surface area contributed by atoms with E-state index >= 15 is 0 Å². The van der Waals surface area contributed by atoms with Gasteiger partial charge in [-0.05, 0) is 0 Å². The minimum absolute atomic E-state index is 0.215. The van der Waals surface area contributed by atoms with Crippen LogP contribution in [0.3, 0.4) is 0 Å². The molecule has 104 valence electrons. The van der Waals surface area contributed by atoms with Crippen LogP contribution in [0.5, 0.6) is 5.75 Å². The average molecular weight is 381 g/mol. The van der Waals surface area contributed by atoms with Gasteiger partial charge in [-0.15, -0.1) is 0 Å². The average Bonchev–Trinajstić information content (AvgIpc) is 2.86. The monoisotopic (exact) mass is 381 g/mol. The van der Waals surface area contributed by atoms with Crippen LogP contribution in [0, 0.1) is 7.14 Å². The zero-order valence-corrected chi connectivity index (χ0v) is 12.9. The summed E-state index contributed by atoms with van der Waals surface area (Å²) in [4.78, 5) is 11.4. The third kappa shape index (κ3) is 3.30. The van der Waals surface area contributed by atoms with Crippen molar-refractivity contribution in [1.82, 2.24) is 0 Å². The zero-order chi connectivity index (χ0) is 13.8. The molecule has 1 heterocycles. The number of hydrogen-bond donors (Lipinski definition) is 0. The molecule has 0 radical (unpaired) electrons. The van der Waals surface area contributed by atoms with Crippen molar-refractivity contribution < 1.29 is 35.5 Å². The van der Waals surface area contributed by atoms with Gasteiger partial charge in [0.1, 0.15) is 0 Å². The number of carbonyl (C=O) groups is 1. The normalized spacial score (nSPS) is 18.0. The Morgan fingerprint density at radius 1 is 1.05 bits per heavy atom. The van der Waals surface area contributed by atoms with E-state index in [2.05, 4.69) is 30.3 Å². The van der Waals surface area contributed by atoms with Gasteiger partial charge in [-0.2, -0.15) is 0 Å². The van der Waals surface area contributed by atoms with Gasteiger partial charge in [-0.3, -0.25) is 0 Å². The number of benzene rings is 2. The molecule has 0 N–H and O–H groups in total. The van der Waals surface area contributed by atoms with Crippen molar-refractivity contribution in [1.29, 1.82) is 0 Å². The summed E-state index contributed by atoms with van der Waals surface area (Å²) < 4.78 is 13.3. The van der Waals surface area contributed by atoms with Crippen molar-refractivity contribution in [2.24, 2.45) is 0 Å². The van der Waals surface area contributed by atoms with Gasteiger partial charge in [0.25, 0.3) is 0 Å². The van der Waals surface area contributed by atoms with Gasteiger partial charge in [0, 0.05) is 0 Å². The fourth-order valence-corrected chi connectivity index (χ4v) is 4.30. The van der Waals surface area contributed by atoms with Crippen LogP contribution in [0.1, 0.15) is 6.42 Å². The van der Waals surface area contributed by atoms with E-state index in [0.29, 0.717) is 13.0 Å². The molecular formula is C16H14IO3-. The van der Waals surface area contributed by atoms with Gasteiger partial charge >= 0.3 is 128 Å². The first-order valence-corrected chi connectivity index (χ1v) is 8.60. The zero-order valence-electron chi connectivity index (χ0n) is 10.8. The molecule has 1 fully saturated rings. The van der Waals surface area contributed by atoms with Crippen LogP contribution in [-0.4, -0.2) is 18.7 Å². The maximum absolute atomic E-state index is 11.4. The summed E-state index contributed by atoms with van der Waals surface area (Å²) in [5.41, 5.74) is 0. The molecule has 1 aliphatic heterocycles. The first-order chi connectivity index (χ1) is 9.81. The topological polar surface area (TPSA) is 35.5 Å². The van der Waals surface area contributed by atoms with Crippen molar-refractivity contribution in [2.75, 3.05) is 6.61 Å². The van der Waals surface area contributed by atoms with E-state index in [1.54, 1.807) is 0 Å². The van der Waals surface area contributed by atoms with E-state index in [4.69, 9.17) is 9.47 Å². The van der Waals surface area contributed by atoms with E-state index in [-0.39, 0.29) is 27.2 Å². The number of hydrogen-bond acceptors (Lipinski definition) is 3. The number of ether oxygens (including phenoxy) is 2. The summed E-state index contributed by atoms with van der Waals surface area (Å²) in [5, 5.41) is 0. The van der Waals surface area contributed by atoms with Gasteiger partial charge in [-0.25, -0.2) is 0 Å². The van der Waals surface area contributed by atoms with Crippen LogP contribution < -0.4 is 25.9 Å². The fraction of sp³-hybridized carbons (Fsp3) is 0.188. The molecule has 1 aliphatic rings. The van der Waals surface area contributed by atoms with E-state index in [1.807, 2.05) is 24.3 Å². The molecule has 0 aliphatic carbocycles. The molecule has 3 rings (SSSR count). The third-order valence-electron chi connectivity index (χ3n) is 2.91. The molecule has 1 unspecified atom stereocenters. The van der Waals surface area contributed by atoms with E-state index in [1.165, 1.54) is 7.14 Å². The summed E-state index contributed by atoms with van der Waals surface area (Å²) in [7, 11) is 0. The second-order valence-electron chi connectivity index (χ2n) is 4.41. The van der Waals surface area contributed by atoms with Crippen molar-refractivity contribution >= 4 is 5.97 Å². The molecule has 1 saturated heterocycles. The molecule has 0 spiro atoms. The standard InChI is InChI=1S/C16H14IO3/c18-16-15(9-10-19-16)20-14-8-4-7-13(11-14)17-12-5-2-1-3-6-12/h1-8,11,15H,9-10H2/q-1. The predicted molar refractivity (Wildman–Crippen MR) is 70.3 cm³/mol. The Kier molecular flexibility index (Phi) is 4.20. The summed E-state index contributed by atoms with van der Waals surface area (Å²) in [6.45, 7) is 0.458. The van der Waals surface area contributed by atoms with Crippen LogP contribution in [0.2, 0.25) is 0 Å². The Bertz CT molecular complexity index is 598. The molecule has 0 bridgehead atoms. The summed E-state index contributed by atoms with van der Waals surface area (Å²) in [5.74, 6) is 0.496. The molecule has 2 aromatic carbocycles. The van der Waals surface area contributed by atoms with Crippen molar-refractivity contribution in [3.05, 3.63) is 61.7 Å². The Morgan fingerprint density at radius 2 is 1.85 bits per heavy atom. The predicted octanol–water partition coefficient (Wildman–Crippen LogP) is -0.491. The maximum atomic E-state index is 11.4. The quantitative estimate of drug-likeness (QED) is 0.530. The van der Waals surface area contributed by atoms with E-state index < -0.39 is 6.10 Å². The van der Waals surface area contributed by atoms with Crippen LogP contribution in [-0.2, 0) is 9.53 Å². The summed E-state index contributed by atoms with van der Waals surface area (Å²) in [6.07, 6.45) is 0.191. The second kappa shape index (κ2) is 6.26. The number of halogens is 1. The van der Waals surface area contributed by atoms with Gasteiger partial charge in [0.2, 0.25) is 0 Å². The molecule has 0 saturated carbocycles.